The summed E-state index contributed by atoms with van der Waals surface area (Å²) in [6, 6.07) is 24.9. The van der Waals surface area contributed by atoms with Crippen LogP contribution in [0.5, 0.6) is 5.75 Å². The number of H-pyrrole nitrogens is 1. The number of rotatable bonds is 10. The molecule has 180 valence electrons. The van der Waals surface area contributed by atoms with Crippen LogP contribution in [0.2, 0.25) is 0 Å². The Morgan fingerprint density at radius 1 is 0.886 bits per heavy atom. The first-order valence-corrected chi connectivity index (χ1v) is 11.9. The summed E-state index contributed by atoms with van der Waals surface area (Å²) in [5.74, 6) is 0.238. The molecule has 1 unspecified atom stereocenters. The smallest absolute Gasteiger partial charge is 0.243 e. The third-order valence-corrected chi connectivity index (χ3v) is 5.86. The lowest BCUT2D eigenvalue weighted by Gasteiger charge is -2.20. The molecule has 0 saturated heterocycles. The van der Waals surface area contributed by atoms with E-state index in [9.17, 15) is 9.59 Å². The van der Waals surface area contributed by atoms with Crippen molar-refractivity contribution in [2.24, 2.45) is 5.92 Å². The van der Waals surface area contributed by atoms with Crippen LogP contribution in [0.15, 0.2) is 85.1 Å². The molecule has 0 aliphatic heterocycles. The Labute approximate surface area is 205 Å². The minimum absolute atomic E-state index is 0.148. The number of amides is 2. The SMILES string of the molecule is CC(C)C(=O)NC(Cc1c[nH]c2ccccc12)C(=O)NCc1cccc(COc2ccccc2)c1. The maximum atomic E-state index is 13.2. The average molecular weight is 470 g/mol. The maximum Gasteiger partial charge on any atom is 0.243 e. The van der Waals surface area contributed by atoms with Gasteiger partial charge in [0.05, 0.1) is 0 Å². The van der Waals surface area contributed by atoms with Gasteiger partial charge in [-0.15, -0.1) is 0 Å². The van der Waals surface area contributed by atoms with Crippen LogP contribution in [0, 0.1) is 5.92 Å². The zero-order valence-corrected chi connectivity index (χ0v) is 20.1. The second-order valence-electron chi connectivity index (χ2n) is 8.92. The second-order valence-corrected chi connectivity index (χ2v) is 8.92. The van der Waals surface area contributed by atoms with Gasteiger partial charge in [-0.1, -0.05) is 74.5 Å². The monoisotopic (exact) mass is 469 g/mol. The van der Waals surface area contributed by atoms with Crippen LogP contribution >= 0.6 is 0 Å². The van der Waals surface area contributed by atoms with Gasteiger partial charge in [0.2, 0.25) is 11.8 Å². The molecule has 0 bridgehead atoms. The van der Waals surface area contributed by atoms with Gasteiger partial charge >= 0.3 is 0 Å². The number of benzene rings is 3. The van der Waals surface area contributed by atoms with E-state index in [4.69, 9.17) is 4.74 Å². The number of fused-ring (bicyclic) bond motifs is 1. The molecule has 4 rings (SSSR count). The molecule has 6 nitrogen and oxygen atoms in total. The number of hydrogen-bond donors (Lipinski definition) is 3. The van der Waals surface area contributed by atoms with Crippen LogP contribution in [0.1, 0.15) is 30.5 Å². The Hall–Kier alpha value is -4.06. The van der Waals surface area contributed by atoms with Crippen LogP contribution in [0.25, 0.3) is 10.9 Å². The van der Waals surface area contributed by atoms with Gasteiger partial charge in [0, 0.05) is 36.0 Å². The van der Waals surface area contributed by atoms with Crippen molar-refractivity contribution >= 4 is 22.7 Å². The molecular weight excluding hydrogens is 438 g/mol. The Bertz CT molecular complexity index is 1280. The van der Waals surface area contributed by atoms with Crippen LogP contribution in [-0.2, 0) is 29.2 Å². The topological polar surface area (TPSA) is 83.2 Å². The summed E-state index contributed by atoms with van der Waals surface area (Å²) in [6.07, 6.45) is 2.31. The van der Waals surface area contributed by atoms with Gasteiger partial charge in [-0.25, -0.2) is 0 Å². The van der Waals surface area contributed by atoms with Crippen molar-refractivity contribution in [2.75, 3.05) is 0 Å². The van der Waals surface area contributed by atoms with E-state index in [1.807, 2.05) is 98.9 Å². The second kappa shape index (κ2) is 11.4. The third kappa shape index (κ3) is 6.51. The maximum absolute atomic E-state index is 13.2. The minimum Gasteiger partial charge on any atom is -0.489 e. The predicted molar refractivity (Wildman–Crippen MR) is 138 cm³/mol. The Balaban J connectivity index is 1.41. The van der Waals surface area contributed by atoms with Crippen LogP contribution < -0.4 is 15.4 Å². The van der Waals surface area contributed by atoms with Crippen LogP contribution in [-0.4, -0.2) is 22.8 Å². The molecule has 6 heteroatoms. The first-order chi connectivity index (χ1) is 17.0. The van der Waals surface area contributed by atoms with E-state index >= 15 is 0 Å². The van der Waals surface area contributed by atoms with Gasteiger partial charge in [-0.05, 0) is 34.9 Å². The summed E-state index contributed by atoms with van der Waals surface area (Å²) < 4.78 is 5.83. The molecule has 35 heavy (non-hydrogen) atoms. The normalized spacial score (nSPS) is 11.9. The number of para-hydroxylation sites is 2. The van der Waals surface area contributed by atoms with E-state index in [-0.39, 0.29) is 17.7 Å². The van der Waals surface area contributed by atoms with Crippen molar-refractivity contribution in [3.8, 4) is 5.75 Å². The van der Waals surface area contributed by atoms with Crippen molar-refractivity contribution in [1.82, 2.24) is 15.6 Å². The highest BCUT2D eigenvalue weighted by Gasteiger charge is 2.23. The van der Waals surface area contributed by atoms with E-state index < -0.39 is 6.04 Å². The molecule has 2 amide bonds. The Morgan fingerprint density at radius 3 is 2.43 bits per heavy atom. The van der Waals surface area contributed by atoms with Gasteiger partial charge in [-0.2, -0.15) is 0 Å². The molecule has 0 fully saturated rings. The standard InChI is InChI=1S/C29H31N3O3/c1-20(2)28(33)32-27(16-23-18-30-26-14-7-6-13-25(23)26)29(34)31-17-21-9-8-10-22(15-21)19-35-24-11-4-3-5-12-24/h3-15,18,20,27,30H,16-17,19H2,1-2H3,(H,31,34)(H,32,33). The summed E-state index contributed by atoms with van der Waals surface area (Å²) in [4.78, 5) is 28.9. The fourth-order valence-electron chi connectivity index (χ4n) is 3.89. The van der Waals surface area contributed by atoms with Gasteiger partial charge in [0.1, 0.15) is 18.4 Å². The highest BCUT2D eigenvalue weighted by molar-refractivity contribution is 5.90. The molecule has 0 spiro atoms. The number of hydrogen-bond acceptors (Lipinski definition) is 3. The zero-order chi connectivity index (χ0) is 24.6. The van der Waals surface area contributed by atoms with E-state index in [1.165, 1.54) is 0 Å². The summed E-state index contributed by atoms with van der Waals surface area (Å²) in [5.41, 5.74) is 3.98. The molecule has 0 aliphatic carbocycles. The summed E-state index contributed by atoms with van der Waals surface area (Å²) in [5, 5.41) is 6.97. The number of ether oxygens (including phenoxy) is 1. The molecule has 3 N–H and O–H groups in total. The first-order valence-electron chi connectivity index (χ1n) is 11.9. The predicted octanol–water partition coefficient (Wildman–Crippen LogP) is 4.75. The van der Waals surface area contributed by atoms with Gasteiger partial charge in [-0.3, -0.25) is 9.59 Å². The van der Waals surface area contributed by atoms with Crippen LogP contribution in [0.4, 0.5) is 0 Å². The summed E-state index contributed by atoms with van der Waals surface area (Å²) >= 11 is 0. The largest absolute Gasteiger partial charge is 0.489 e. The van der Waals surface area contributed by atoms with E-state index in [0.29, 0.717) is 19.6 Å². The molecule has 1 aromatic heterocycles. The van der Waals surface area contributed by atoms with Gasteiger partial charge in [0.15, 0.2) is 0 Å². The number of carbonyl (C=O) groups excluding carboxylic acids is 2. The lowest BCUT2D eigenvalue weighted by atomic mass is 10.0. The quantitative estimate of drug-likeness (QED) is 0.314. The van der Waals surface area contributed by atoms with Gasteiger partial charge < -0.3 is 20.4 Å². The van der Waals surface area contributed by atoms with E-state index in [1.54, 1.807) is 0 Å². The molecule has 0 aliphatic rings. The molecular formula is C29H31N3O3. The number of nitrogens with one attached hydrogen (secondary N) is 3. The van der Waals surface area contributed by atoms with Crippen molar-refractivity contribution in [3.63, 3.8) is 0 Å². The summed E-state index contributed by atoms with van der Waals surface area (Å²) in [6.45, 7) is 4.44. The number of aromatic nitrogens is 1. The van der Waals surface area contributed by atoms with E-state index in [0.717, 1.165) is 33.3 Å². The van der Waals surface area contributed by atoms with Crippen LogP contribution in [0.3, 0.4) is 0 Å². The van der Waals surface area contributed by atoms with Gasteiger partial charge in [0.25, 0.3) is 0 Å². The average Bonchev–Trinajstić information content (AvgIpc) is 3.29. The van der Waals surface area contributed by atoms with Crippen molar-refractivity contribution in [3.05, 3.63) is 102 Å². The molecule has 3 aromatic carbocycles. The molecule has 0 saturated carbocycles. The zero-order valence-electron chi connectivity index (χ0n) is 20.1. The number of aromatic amines is 1. The molecule has 1 atom stereocenters. The summed E-state index contributed by atoms with van der Waals surface area (Å²) in [7, 11) is 0. The van der Waals surface area contributed by atoms with Crippen molar-refractivity contribution < 1.29 is 14.3 Å². The number of carbonyl (C=O) groups is 2. The lowest BCUT2D eigenvalue weighted by Crippen LogP contribution is -2.48. The highest BCUT2D eigenvalue weighted by Crippen LogP contribution is 2.19. The van der Waals surface area contributed by atoms with E-state index in [2.05, 4.69) is 15.6 Å². The lowest BCUT2D eigenvalue weighted by molar-refractivity contribution is -0.130. The fraction of sp³-hybridized carbons (Fsp3) is 0.241. The van der Waals surface area contributed by atoms with Crippen molar-refractivity contribution in [2.45, 2.75) is 39.5 Å². The third-order valence-electron chi connectivity index (χ3n) is 5.86. The van der Waals surface area contributed by atoms with Crippen molar-refractivity contribution in [1.29, 1.82) is 0 Å². The molecule has 0 radical (unpaired) electrons. The minimum atomic E-state index is -0.672. The Kier molecular flexibility index (Phi) is 7.83. The highest BCUT2D eigenvalue weighted by atomic mass is 16.5. The molecule has 1 heterocycles. The molecule has 4 aromatic rings. The fourth-order valence-corrected chi connectivity index (χ4v) is 3.89. The first kappa shape index (κ1) is 24.1. The Morgan fingerprint density at radius 2 is 1.63 bits per heavy atom.